The zero-order valence-corrected chi connectivity index (χ0v) is 13.2. The van der Waals surface area contributed by atoms with Crippen molar-refractivity contribution < 1.29 is 13.2 Å². The molecule has 1 aromatic heterocycles. The number of aromatic nitrogens is 3. The molecule has 0 atom stereocenters. The van der Waals surface area contributed by atoms with Gasteiger partial charge in [0.2, 0.25) is 5.95 Å². The summed E-state index contributed by atoms with van der Waals surface area (Å²) in [5, 5.41) is 10.7. The molecule has 0 amide bonds. The molecule has 2 heterocycles. The number of hydrogen-bond donors (Lipinski definition) is 1. The van der Waals surface area contributed by atoms with E-state index >= 15 is 0 Å². The number of nitrogens with one attached hydrogen (secondary N) is 1. The van der Waals surface area contributed by atoms with E-state index in [9.17, 15) is 13.2 Å². The van der Waals surface area contributed by atoms with E-state index in [1.165, 1.54) is 12.1 Å². The number of nitrogens with zero attached hydrogens (tertiary/aromatic N) is 4. The lowest BCUT2D eigenvalue weighted by atomic mass is 9.99. The summed E-state index contributed by atoms with van der Waals surface area (Å²) in [6.45, 7) is 4.06. The van der Waals surface area contributed by atoms with Gasteiger partial charge in [0.15, 0.2) is 5.82 Å². The first-order valence-corrected chi connectivity index (χ1v) is 7.81. The second-order valence-electron chi connectivity index (χ2n) is 6.01. The molecule has 0 spiro atoms. The van der Waals surface area contributed by atoms with Crippen LogP contribution >= 0.6 is 0 Å². The third-order valence-electron chi connectivity index (χ3n) is 4.12. The van der Waals surface area contributed by atoms with E-state index in [-0.39, 0.29) is 5.95 Å². The molecule has 1 saturated heterocycles. The zero-order chi connectivity index (χ0) is 17.2. The zero-order valence-electron chi connectivity index (χ0n) is 13.2. The SMILES string of the molecule is CC1CCN(c2cnnc(Nc3ccc(C(F)(F)F)cc3)n2)CC1. The lowest BCUT2D eigenvalue weighted by Crippen LogP contribution is -2.33. The molecule has 1 aromatic carbocycles. The highest BCUT2D eigenvalue weighted by Crippen LogP contribution is 2.30. The van der Waals surface area contributed by atoms with Crippen LogP contribution in [0.15, 0.2) is 30.5 Å². The summed E-state index contributed by atoms with van der Waals surface area (Å²) in [5.41, 5.74) is -0.211. The quantitative estimate of drug-likeness (QED) is 0.921. The Balaban J connectivity index is 1.70. The first kappa shape index (κ1) is 16.5. The molecular formula is C16H18F3N5. The van der Waals surface area contributed by atoms with Crippen LogP contribution in [-0.4, -0.2) is 28.3 Å². The molecular weight excluding hydrogens is 319 g/mol. The highest BCUT2D eigenvalue weighted by atomic mass is 19.4. The minimum atomic E-state index is -4.35. The topological polar surface area (TPSA) is 53.9 Å². The van der Waals surface area contributed by atoms with Crippen molar-refractivity contribution >= 4 is 17.5 Å². The van der Waals surface area contributed by atoms with E-state index in [0.717, 1.165) is 43.9 Å². The number of piperidine rings is 1. The van der Waals surface area contributed by atoms with Crippen molar-refractivity contribution in [2.24, 2.45) is 5.92 Å². The molecule has 128 valence electrons. The monoisotopic (exact) mass is 337 g/mol. The van der Waals surface area contributed by atoms with Gasteiger partial charge in [0, 0.05) is 18.8 Å². The van der Waals surface area contributed by atoms with Crippen molar-refractivity contribution in [2.75, 3.05) is 23.3 Å². The summed E-state index contributed by atoms with van der Waals surface area (Å²) in [4.78, 5) is 6.55. The minimum absolute atomic E-state index is 0.269. The van der Waals surface area contributed by atoms with E-state index in [0.29, 0.717) is 11.6 Å². The van der Waals surface area contributed by atoms with Gasteiger partial charge in [-0.3, -0.25) is 0 Å². The van der Waals surface area contributed by atoms with Gasteiger partial charge >= 0.3 is 6.18 Å². The maximum Gasteiger partial charge on any atom is 0.416 e. The standard InChI is InChI=1S/C16H18F3N5/c1-11-6-8-24(9-7-11)14-10-20-23-15(22-14)21-13-4-2-12(3-5-13)16(17,18)19/h2-5,10-11H,6-9H2,1H3,(H,21,22,23). The van der Waals surface area contributed by atoms with Crippen LogP contribution in [0, 0.1) is 5.92 Å². The summed E-state index contributed by atoms with van der Waals surface area (Å²) >= 11 is 0. The summed E-state index contributed by atoms with van der Waals surface area (Å²) in [5.74, 6) is 1.71. The predicted molar refractivity (Wildman–Crippen MR) is 85.2 cm³/mol. The van der Waals surface area contributed by atoms with Gasteiger partial charge in [-0.05, 0) is 43.0 Å². The molecule has 1 aliphatic heterocycles. The Labute approximate surface area is 137 Å². The van der Waals surface area contributed by atoms with Gasteiger partial charge in [-0.25, -0.2) is 0 Å². The van der Waals surface area contributed by atoms with Gasteiger partial charge in [-0.1, -0.05) is 6.92 Å². The Morgan fingerprint density at radius 3 is 2.42 bits per heavy atom. The van der Waals surface area contributed by atoms with Gasteiger partial charge in [0.05, 0.1) is 11.8 Å². The van der Waals surface area contributed by atoms with Crippen LogP contribution in [0.2, 0.25) is 0 Å². The number of alkyl halides is 3. The van der Waals surface area contributed by atoms with Crippen LogP contribution in [-0.2, 0) is 6.18 Å². The lowest BCUT2D eigenvalue weighted by Gasteiger charge is -2.30. The highest BCUT2D eigenvalue weighted by molar-refractivity contribution is 5.55. The molecule has 24 heavy (non-hydrogen) atoms. The van der Waals surface area contributed by atoms with E-state index in [1.807, 2.05) is 0 Å². The number of rotatable bonds is 3. The number of benzene rings is 1. The number of anilines is 3. The highest BCUT2D eigenvalue weighted by Gasteiger charge is 2.30. The molecule has 1 aliphatic rings. The second kappa shape index (κ2) is 6.62. The maximum absolute atomic E-state index is 12.6. The third kappa shape index (κ3) is 3.93. The van der Waals surface area contributed by atoms with Gasteiger partial charge < -0.3 is 10.2 Å². The van der Waals surface area contributed by atoms with Crippen molar-refractivity contribution in [3.8, 4) is 0 Å². The molecule has 0 aliphatic carbocycles. The van der Waals surface area contributed by atoms with Crippen LogP contribution in [0.4, 0.5) is 30.6 Å². The average molecular weight is 337 g/mol. The van der Waals surface area contributed by atoms with Crippen molar-refractivity contribution in [1.29, 1.82) is 0 Å². The van der Waals surface area contributed by atoms with E-state index in [1.54, 1.807) is 6.20 Å². The minimum Gasteiger partial charge on any atom is -0.355 e. The molecule has 5 nitrogen and oxygen atoms in total. The van der Waals surface area contributed by atoms with Crippen molar-refractivity contribution in [3.05, 3.63) is 36.0 Å². The number of hydrogen-bond acceptors (Lipinski definition) is 5. The van der Waals surface area contributed by atoms with Gasteiger partial charge in [0.25, 0.3) is 0 Å². The normalized spacial score (nSPS) is 16.2. The molecule has 0 saturated carbocycles. The fourth-order valence-corrected chi connectivity index (χ4v) is 2.61. The molecule has 1 fully saturated rings. The van der Waals surface area contributed by atoms with E-state index in [4.69, 9.17) is 0 Å². The van der Waals surface area contributed by atoms with Crippen LogP contribution in [0.1, 0.15) is 25.3 Å². The van der Waals surface area contributed by atoms with Gasteiger partial charge in [0.1, 0.15) is 0 Å². The Morgan fingerprint density at radius 2 is 1.79 bits per heavy atom. The average Bonchev–Trinajstić information content (AvgIpc) is 2.55. The fourth-order valence-electron chi connectivity index (χ4n) is 2.61. The van der Waals surface area contributed by atoms with Crippen LogP contribution in [0.3, 0.4) is 0 Å². The summed E-state index contributed by atoms with van der Waals surface area (Å²) in [6, 6.07) is 4.74. The Morgan fingerprint density at radius 1 is 1.12 bits per heavy atom. The summed E-state index contributed by atoms with van der Waals surface area (Å²) < 4.78 is 37.7. The summed E-state index contributed by atoms with van der Waals surface area (Å²) in [7, 11) is 0. The van der Waals surface area contributed by atoms with Gasteiger partial charge in [-0.2, -0.15) is 23.3 Å². The molecule has 2 aromatic rings. The van der Waals surface area contributed by atoms with Crippen LogP contribution in [0.25, 0.3) is 0 Å². The van der Waals surface area contributed by atoms with Gasteiger partial charge in [-0.15, -0.1) is 5.10 Å². The van der Waals surface area contributed by atoms with Crippen molar-refractivity contribution in [3.63, 3.8) is 0 Å². The Hall–Kier alpha value is -2.38. The largest absolute Gasteiger partial charge is 0.416 e. The van der Waals surface area contributed by atoms with E-state index in [2.05, 4.69) is 32.3 Å². The third-order valence-corrected chi connectivity index (χ3v) is 4.12. The predicted octanol–water partition coefficient (Wildman–Crippen LogP) is 3.87. The van der Waals surface area contributed by atoms with E-state index < -0.39 is 11.7 Å². The number of halogens is 3. The molecule has 1 N–H and O–H groups in total. The Bertz CT molecular complexity index is 679. The first-order chi connectivity index (χ1) is 11.4. The second-order valence-corrected chi connectivity index (χ2v) is 6.01. The Kier molecular flexibility index (Phi) is 4.55. The van der Waals surface area contributed by atoms with Crippen molar-refractivity contribution in [1.82, 2.24) is 15.2 Å². The first-order valence-electron chi connectivity index (χ1n) is 7.81. The molecule has 8 heteroatoms. The molecule has 0 bridgehead atoms. The molecule has 3 rings (SSSR count). The lowest BCUT2D eigenvalue weighted by molar-refractivity contribution is -0.137. The smallest absolute Gasteiger partial charge is 0.355 e. The fraction of sp³-hybridized carbons (Fsp3) is 0.438. The van der Waals surface area contributed by atoms with Crippen LogP contribution in [0.5, 0.6) is 0 Å². The summed E-state index contributed by atoms with van der Waals surface area (Å²) in [6.07, 6.45) is -0.535. The maximum atomic E-state index is 12.6. The molecule has 0 radical (unpaired) electrons. The van der Waals surface area contributed by atoms with Crippen molar-refractivity contribution in [2.45, 2.75) is 25.9 Å². The van der Waals surface area contributed by atoms with Crippen LogP contribution < -0.4 is 10.2 Å². The molecule has 0 unspecified atom stereocenters.